The summed E-state index contributed by atoms with van der Waals surface area (Å²) in [5.74, 6) is 2.95. The van der Waals surface area contributed by atoms with E-state index in [1.54, 1.807) is 14.2 Å². The maximum Gasteiger partial charge on any atom is 0.241 e. The van der Waals surface area contributed by atoms with Crippen molar-refractivity contribution in [3.05, 3.63) is 48.4 Å². The second-order valence-corrected chi connectivity index (χ2v) is 8.78. The van der Waals surface area contributed by atoms with E-state index in [4.69, 9.17) is 18.7 Å². The lowest BCUT2D eigenvalue weighted by atomic mass is 9.96. The number of likely N-dealkylation sites (tertiary alicyclic amines) is 1. The molecule has 0 spiro atoms. The number of hydrogen-bond donors (Lipinski definition) is 1. The minimum absolute atomic E-state index is 0.0259. The Hall–Kier alpha value is -3.59. The SMILES string of the molecule is COc1ccc(-c2noc(CN3CCC(C(=O)Nc4ccccc4OC(C)C)CC3)n2)cc1OC. The summed E-state index contributed by atoms with van der Waals surface area (Å²) in [6.45, 7) is 6.02. The number of amides is 1. The smallest absolute Gasteiger partial charge is 0.241 e. The fraction of sp³-hybridized carbons (Fsp3) is 0.423. The number of anilines is 1. The number of nitrogens with one attached hydrogen (secondary N) is 1. The molecule has 3 aromatic rings. The van der Waals surface area contributed by atoms with Gasteiger partial charge in [-0.05, 0) is 70.1 Å². The average Bonchev–Trinajstić information content (AvgIpc) is 3.33. The maximum atomic E-state index is 12.9. The number of aromatic nitrogens is 2. The van der Waals surface area contributed by atoms with E-state index < -0.39 is 0 Å². The van der Waals surface area contributed by atoms with Crippen LogP contribution in [0.5, 0.6) is 17.2 Å². The van der Waals surface area contributed by atoms with Gasteiger partial charge >= 0.3 is 0 Å². The Morgan fingerprint density at radius 3 is 2.54 bits per heavy atom. The van der Waals surface area contributed by atoms with Crippen LogP contribution in [-0.4, -0.2) is 54.4 Å². The summed E-state index contributed by atoms with van der Waals surface area (Å²) >= 11 is 0. The maximum absolute atomic E-state index is 12.9. The molecule has 0 bridgehead atoms. The molecule has 1 saturated heterocycles. The molecule has 9 nitrogen and oxygen atoms in total. The monoisotopic (exact) mass is 480 g/mol. The Balaban J connectivity index is 1.31. The van der Waals surface area contributed by atoms with Crippen LogP contribution in [0.15, 0.2) is 47.0 Å². The van der Waals surface area contributed by atoms with Crippen LogP contribution in [-0.2, 0) is 11.3 Å². The molecule has 1 fully saturated rings. The molecule has 35 heavy (non-hydrogen) atoms. The fourth-order valence-electron chi connectivity index (χ4n) is 4.12. The zero-order chi connectivity index (χ0) is 24.8. The Morgan fingerprint density at radius 1 is 1.09 bits per heavy atom. The van der Waals surface area contributed by atoms with Gasteiger partial charge in [0.15, 0.2) is 11.5 Å². The van der Waals surface area contributed by atoms with Crippen LogP contribution < -0.4 is 19.5 Å². The van der Waals surface area contributed by atoms with E-state index in [0.29, 0.717) is 41.2 Å². The molecule has 186 valence electrons. The minimum atomic E-state index is -0.0524. The van der Waals surface area contributed by atoms with Crippen LogP contribution in [0.1, 0.15) is 32.6 Å². The third-order valence-electron chi connectivity index (χ3n) is 5.93. The van der Waals surface area contributed by atoms with Crippen molar-refractivity contribution in [2.75, 3.05) is 32.6 Å². The first-order valence-electron chi connectivity index (χ1n) is 11.8. The molecule has 1 aliphatic rings. The summed E-state index contributed by atoms with van der Waals surface area (Å²) in [5, 5.41) is 7.16. The highest BCUT2D eigenvalue weighted by atomic mass is 16.5. The number of carbonyl (C=O) groups excluding carboxylic acids is 1. The van der Waals surface area contributed by atoms with Crippen LogP contribution in [0, 0.1) is 5.92 Å². The number of nitrogens with zero attached hydrogens (tertiary/aromatic N) is 3. The molecule has 4 rings (SSSR count). The van der Waals surface area contributed by atoms with Gasteiger partial charge < -0.3 is 24.1 Å². The van der Waals surface area contributed by atoms with Gasteiger partial charge in [0.1, 0.15) is 5.75 Å². The van der Waals surface area contributed by atoms with E-state index >= 15 is 0 Å². The number of carbonyl (C=O) groups is 1. The van der Waals surface area contributed by atoms with Gasteiger partial charge in [0.05, 0.1) is 32.6 Å². The van der Waals surface area contributed by atoms with E-state index in [-0.39, 0.29) is 17.9 Å². The van der Waals surface area contributed by atoms with Crippen LogP contribution in [0.4, 0.5) is 5.69 Å². The third kappa shape index (κ3) is 6.10. The standard InChI is InChI=1S/C26H32N4O5/c1-17(2)34-21-8-6-5-7-20(21)27-26(31)18-11-13-30(14-12-18)16-24-28-25(29-35-24)19-9-10-22(32-3)23(15-19)33-4/h5-10,15,17-18H,11-14,16H2,1-4H3,(H,27,31). The van der Waals surface area contributed by atoms with Crippen molar-refractivity contribution in [3.63, 3.8) is 0 Å². The predicted octanol–water partition coefficient (Wildman–Crippen LogP) is 4.39. The summed E-state index contributed by atoms with van der Waals surface area (Å²) in [7, 11) is 3.18. The first-order valence-corrected chi connectivity index (χ1v) is 11.8. The summed E-state index contributed by atoms with van der Waals surface area (Å²) in [4.78, 5) is 19.7. The van der Waals surface area contributed by atoms with Crippen LogP contribution in [0.25, 0.3) is 11.4 Å². The Kier molecular flexibility index (Phi) is 7.87. The van der Waals surface area contributed by atoms with Crippen molar-refractivity contribution in [2.45, 2.75) is 39.3 Å². The molecule has 0 saturated carbocycles. The summed E-state index contributed by atoms with van der Waals surface area (Å²) < 4.78 is 21.9. The molecule has 1 amide bonds. The Bertz CT molecular complexity index is 1140. The highest BCUT2D eigenvalue weighted by molar-refractivity contribution is 5.94. The van der Waals surface area contributed by atoms with Crippen LogP contribution >= 0.6 is 0 Å². The Morgan fingerprint density at radius 2 is 1.83 bits per heavy atom. The first-order chi connectivity index (χ1) is 17.0. The fourth-order valence-corrected chi connectivity index (χ4v) is 4.12. The first kappa shape index (κ1) is 24.5. The van der Waals surface area contributed by atoms with E-state index in [2.05, 4.69) is 20.4 Å². The van der Waals surface area contributed by atoms with E-state index in [9.17, 15) is 4.79 Å². The van der Waals surface area contributed by atoms with Crippen molar-refractivity contribution >= 4 is 11.6 Å². The number of methoxy groups -OCH3 is 2. The molecule has 0 atom stereocenters. The van der Waals surface area contributed by atoms with Gasteiger partial charge in [-0.2, -0.15) is 4.98 Å². The minimum Gasteiger partial charge on any atom is -0.493 e. The number of piperidine rings is 1. The summed E-state index contributed by atoms with van der Waals surface area (Å²) in [6, 6.07) is 13.0. The molecular weight excluding hydrogens is 448 g/mol. The zero-order valence-electron chi connectivity index (χ0n) is 20.6. The van der Waals surface area contributed by atoms with Gasteiger partial charge in [-0.25, -0.2) is 0 Å². The molecule has 0 radical (unpaired) electrons. The second kappa shape index (κ2) is 11.2. The van der Waals surface area contributed by atoms with Gasteiger partial charge in [0, 0.05) is 11.5 Å². The quantitative estimate of drug-likeness (QED) is 0.481. The topological polar surface area (TPSA) is 99.0 Å². The van der Waals surface area contributed by atoms with E-state index in [0.717, 1.165) is 31.5 Å². The van der Waals surface area contributed by atoms with Crippen molar-refractivity contribution in [1.29, 1.82) is 0 Å². The molecule has 9 heteroatoms. The molecular formula is C26H32N4O5. The third-order valence-corrected chi connectivity index (χ3v) is 5.93. The number of ether oxygens (including phenoxy) is 3. The second-order valence-electron chi connectivity index (χ2n) is 8.78. The van der Waals surface area contributed by atoms with Crippen molar-refractivity contribution in [1.82, 2.24) is 15.0 Å². The van der Waals surface area contributed by atoms with Gasteiger partial charge in [-0.1, -0.05) is 17.3 Å². The molecule has 1 aromatic heterocycles. The molecule has 0 unspecified atom stereocenters. The molecule has 2 heterocycles. The van der Waals surface area contributed by atoms with Crippen molar-refractivity contribution < 1.29 is 23.5 Å². The van der Waals surface area contributed by atoms with Crippen molar-refractivity contribution in [3.8, 4) is 28.6 Å². The lowest BCUT2D eigenvalue weighted by molar-refractivity contribution is -0.121. The summed E-state index contributed by atoms with van der Waals surface area (Å²) in [6.07, 6.45) is 1.55. The van der Waals surface area contributed by atoms with E-state index in [1.165, 1.54) is 0 Å². The number of para-hydroxylation sites is 2. The van der Waals surface area contributed by atoms with Gasteiger partial charge in [0.2, 0.25) is 17.6 Å². The lowest BCUT2D eigenvalue weighted by Gasteiger charge is -2.30. The van der Waals surface area contributed by atoms with Crippen LogP contribution in [0.3, 0.4) is 0 Å². The van der Waals surface area contributed by atoms with Crippen LogP contribution in [0.2, 0.25) is 0 Å². The molecule has 2 aromatic carbocycles. The number of hydrogen-bond acceptors (Lipinski definition) is 8. The van der Waals surface area contributed by atoms with Crippen molar-refractivity contribution in [2.24, 2.45) is 5.92 Å². The van der Waals surface area contributed by atoms with Gasteiger partial charge in [-0.3, -0.25) is 9.69 Å². The van der Waals surface area contributed by atoms with E-state index in [1.807, 2.05) is 56.3 Å². The highest BCUT2D eigenvalue weighted by Gasteiger charge is 2.27. The predicted molar refractivity (Wildman–Crippen MR) is 132 cm³/mol. The Labute approximate surface area is 205 Å². The molecule has 0 aliphatic carbocycles. The number of rotatable bonds is 9. The molecule has 1 aliphatic heterocycles. The average molecular weight is 481 g/mol. The highest BCUT2D eigenvalue weighted by Crippen LogP contribution is 2.31. The van der Waals surface area contributed by atoms with Gasteiger partial charge in [-0.15, -0.1) is 0 Å². The number of benzene rings is 2. The summed E-state index contributed by atoms with van der Waals surface area (Å²) in [5.41, 5.74) is 1.50. The lowest BCUT2D eigenvalue weighted by Crippen LogP contribution is -2.37. The molecule has 1 N–H and O–H groups in total. The zero-order valence-corrected chi connectivity index (χ0v) is 20.6. The largest absolute Gasteiger partial charge is 0.493 e. The normalized spacial score (nSPS) is 14.7. The van der Waals surface area contributed by atoms with Gasteiger partial charge in [0.25, 0.3) is 0 Å².